The second-order valence-electron chi connectivity index (χ2n) is 8.77. The number of hydrogen-bond donors (Lipinski definition) is 1. The van der Waals surface area contributed by atoms with Gasteiger partial charge in [0.1, 0.15) is 11.8 Å². The molecule has 0 radical (unpaired) electrons. The molecule has 174 valence electrons. The molecule has 1 aliphatic rings. The Balaban J connectivity index is 2.06. The Morgan fingerprint density at radius 1 is 1.19 bits per heavy atom. The Hall–Kier alpha value is -2.93. The molecule has 0 aliphatic carbocycles. The fourth-order valence-corrected chi connectivity index (χ4v) is 3.73. The molecule has 1 N–H and O–H groups in total. The van der Waals surface area contributed by atoms with Crippen molar-refractivity contribution in [3.05, 3.63) is 59.9 Å². The van der Waals surface area contributed by atoms with Crippen LogP contribution < -0.4 is 5.32 Å². The first-order valence-electron chi connectivity index (χ1n) is 11.0. The molecule has 7 heteroatoms. The van der Waals surface area contributed by atoms with Gasteiger partial charge in [-0.15, -0.1) is 0 Å². The van der Waals surface area contributed by atoms with Gasteiger partial charge in [-0.1, -0.05) is 50.3 Å². The van der Waals surface area contributed by atoms with Crippen LogP contribution in [0.1, 0.15) is 32.8 Å². The molecular formula is C25H35N3O4. The van der Waals surface area contributed by atoms with Crippen LogP contribution in [0.2, 0.25) is 0 Å². The smallest absolute Gasteiger partial charge is 0.257 e. The summed E-state index contributed by atoms with van der Waals surface area (Å²) >= 11 is 0. The van der Waals surface area contributed by atoms with Crippen LogP contribution >= 0.6 is 0 Å². The van der Waals surface area contributed by atoms with E-state index in [2.05, 4.69) is 19.2 Å². The zero-order valence-electron chi connectivity index (χ0n) is 19.9. The van der Waals surface area contributed by atoms with Crippen molar-refractivity contribution in [2.45, 2.75) is 51.7 Å². The second-order valence-corrected chi connectivity index (χ2v) is 8.77. The third-order valence-corrected chi connectivity index (χ3v) is 5.41. The third-order valence-electron chi connectivity index (χ3n) is 5.41. The number of amides is 3. The predicted octanol–water partition coefficient (Wildman–Crippen LogP) is 2.53. The largest absolute Gasteiger partial charge is 0.499 e. The number of ether oxygens (including phenoxy) is 1. The summed E-state index contributed by atoms with van der Waals surface area (Å²) in [6.45, 7) is 5.95. The fourth-order valence-electron chi connectivity index (χ4n) is 3.73. The van der Waals surface area contributed by atoms with Gasteiger partial charge in [0.05, 0.1) is 13.2 Å². The monoisotopic (exact) mass is 441 g/mol. The van der Waals surface area contributed by atoms with Crippen molar-refractivity contribution in [2.24, 2.45) is 5.92 Å². The second kappa shape index (κ2) is 11.6. The molecule has 0 bridgehead atoms. The van der Waals surface area contributed by atoms with Gasteiger partial charge in [0.2, 0.25) is 5.91 Å². The highest BCUT2D eigenvalue weighted by molar-refractivity contribution is 6.07. The van der Waals surface area contributed by atoms with E-state index in [0.29, 0.717) is 18.1 Å². The van der Waals surface area contributed by atoms with Gasteiger partial charge in [-0.05, 0) is 38.9 Å². The molecular weight excluding hydrogens is 406 g/mol. The van der Waals surface area contributed by atoms with E-state index in [0.717, 1.165) is 12.0 Å². The normalized spacial score (nSPS) is 18.2. The molecule has 0 aromatic heterocycles. The number of hydrogen-bond acceptors (Lipinski definition) is 5. The van der Waals surface area contributed by atoms with Crippen molar-refractivity contribution in [1.82, 2.24) is 15.1 Å². The predicted molar refractivity (Wildman–Crippen MR) is 125 cm³/mol. The lowest BCUT2D eigenvalue weighted by Gasteiger charge is -2.26. The van der Waals surface area contributed by atoms with Crippen molar-refractivity contribution in [3.63, 3.8) is 0 Å². The van der Waals surface area contributed by atoms with E-state index < -0.39 is 17.9 Å². The summed E-state index contributed by atoms with van der Waals surface area (Å²) in [6, 6.07) is 8.54. The summed E-state index contributed by atoms with van der Waals surface area (Å²) in [5.74, 6) is -0.0866. The van der Waals surface area contributed by atoms with E-state index in [4.69, 9.17) is 4.74 Å². The molecule has 0 saturated heterocycles. The van der Waals surface area contributed by atoms with Crippen molar-refractivity contribution >= 4 is 17.7 Å². The van der Waals surface area contributed by atoms with E-state index in [1.54, 1.807) is 13.0 Å². The molecule has 0 spiro atoms. The first-order valence-corrected chi connectivity index (χ1v) is 11.0. The highest BCUT2D eigenvalue weighted by Gasteiger charge is 2.37. The Morgan fingerprint density at radius 3 is 2.41 bits per heavy atom. The lowest BCUT2D eigenvalue weighted by molar-refractivity contribution is -0.139. The molecule has 0 fully saturated rings. The van der Waals surface area contributed by atoms with Crippen LogP contribution in [0.25, 0.3) is 0 Å². The minimum Gasteiger partial charge on any atom is -0.499 e. The number of nitrogens with zero attached hydrogens (tertiary/aromatic N) is 2. The first kappa shape index (κ1) is 25.3. The van der Waals surface area contributed by atoms with Crippen LogP contribution in [0.3, 0.4) is 0 Å². The lowest BCUT2D eigenvalue weighted by atomic mass is 10.0. The van der Waals surface area contributed by atoms with Crippen LogP contribution in [-0.4, -0.2) is 66.9 Å². The lowest BCUT2D eigenvalue weighted by Crippen LogP contribution is -2.46. The summed E-state index contributed by atoms with van der Waals surface area (Å²) in [7, 11) is 5.25. The van der Waals surface area contributed by atoms with Crippen LogP contribution in [0.15, 0.2) is 54.3 Å². The van der Waals surface area contributed by atoms with Crippen LogP contribution in [0, 0.1) is 5.92 Å². The summed E-state index contributed by atoms with van der Waals surface area (Å²) in [5.41, 5.74) is 0.998. The molecule has 1 aliphatic heterocycles. The number of imide groups is 1. The highest BCUT2D eigenvalue weighted by Crippen LogP contribution is 2.24. The SMILES string of the molecule is COC1=CC(=O)N(C(=O)/C=C/[C@H](C)NC(=O)[C@H](CC(C)C)N(C)C)[C@H]1Cc1ccccc1. The summed E-state index contributed by atoms with van der Waals surface area (Å²) in [5, 5.41) is 2.93. The first-order chi connectivity index (χ1) is 15.1. The molecule has 1 aromatic carbocycles. The zero-order valence-corrected chi connectivity index (χ0v) is 19.9. The van der Waals surface area contributed by atoms with Crippen molar-refractivity contribution in [1.29, 1.82) is 0 Å². The van der Waals surface area contributed by atoms with Gasteiger partial charge in [-0.25, -0.2) is 0 Å². The standard InChI is InChI=1S/C25H35N3O4/c1-17(2)14-21(27(4)5)25(31)26-18(3)12-13-23(29)28-20(22(32-6)16-24(28)30)15-19-10-8-7-9-11-19/h7-13,16-18,20-21H,14-15H2,1-6H3,(H,26,31)/b13-12+/t18-,20-,21-/m0/s1. The molecule has 0 unspecified atom stereocenters. The van der Waals surface area contributed by atoms with Gasteiger partial charge in [-0.2, -0.15) is 0 Å². The zero-order chi connectivity index (χ0) is 23.8. The summed E-state index contributed by atoms with van der Waals surface area (Å²) < 4.78 is 5.37. The average molecular weight is 442 g/mol. The number of nitrogens with one attached hydrogen (secondary N) is 1. The Kier molecular flexibility index (Phi) is 9.20. The number of likely N-dealkylation sites (N-methyl/N-ethyl adjacent to an activating group) is 1. The molecule has 2 rings (SSSR count). The maximum Gasteiger partial charge on any atom is 0.257 e. The van der Waals surface area contributed by atoms with E-state index in [9.17, 15) is 14.4 Å². The maximum absolute atomic E-state index is 12.9. The molecule has 1 aromatic rings. The Labute approximate surface area is 191 Å². The average Bonchev–Trinajstić information content (AvgIpc) is 3.05. The van der Waals surface area contributed by atoms with Crippen molar-refractivity contribution in [3.8, 4) is 0 Å². The van der Waals surface area contributed by atoms with Gasteiger partial charge in [-0.3, -0.25) is 24.2 Å². The molecule has 0 saturated carbocycles. The van der Waals surface area contributed by atoms with Crippen LogP contribution in [0.5, 0.6) is 0 Å². The Bertz CT molecular complexity index is 861. The van der Waals surface area contributed by atoms with E-state index in [-0.39, 0.29) is 18.0 Å². The third kappa shape index (κ3) is 6.79. The number of carbonyl (C=O) groups is 3. The minimum absolute atomic E-state index is 0.0872. The summed E-state index contributed by atoms with van der Waals surface area (Å²) in [4.78, 5) is 41.2. The number of carbonyl (C=O) groups excluding carboxylic acids is 3. The van der Waals surface area contributed by atoms with Crippen LogP contribution in [0.4, 0.5) is 0 Å². The van der Waals surface area contributed by atoms with Gasteiger partial charge < -0.3 is 10.1 Å². The van der Waals surface area contributed by atoms with E-state index in [1.165, 1.54) is 24.2 Å². The van der Waals surface area contributed by atoms with E-state index >= 15 is 0 Å². The highest BCUT2D eigenvalue weighted by atomic mass is 16.5. The maximum atomic E-state index is 12.9. The van der Waals surface area contributed by atoms with Gasteiger partial charge in [0, 0.05) is 24.6 Å². The number of benzene rings is 1. The van der Waals surface area contributed by atoms with E-state index in [1.807, 2.05) is 49.3 Å². The molecule has 3 amide bonds. The minimum atomic E-state index is -0.499. The molecule has 1 heterocycles. The fraction of sp³-hybridized carbons (Fsp3) is 0.480. The van der Waals surface area contributed by atoms with Gasteiger partial charge in [0.25, 0.3) is 11.8 Å². The van der Waals surface area contributed by atoms with Gasteiger partial charge >= 0.3 is 0 Å². The summed E-state index contributed by atoms with van der Waals surface area (Å²) in [6.07, 6.45) is 5.53. The van der Waals surface area contributed by atoms with Gasteiger partial charge in [0.15, 0.2) is 0 Å². The molecule has 7 nitrogen and oxygen atoms in total. The quantitative estimate of drug-likeness (QED) is 0.565. The molecule has 32 heavy (non-hydrogen) atoms. The van der Waals surface area contributed by atoms with Crippen molar-refractivity contribution in [2.75, 3.05) is 21.2 Å². The number of rotatable bonds is 10. The van der Waals surface area contributed by atoms with Crippen LogP contribution in [-0.2, 0) is 25.5 Å². The van der Waals surface area contributed by atoms with Crippen molar-refractivity contribution < 1.29 is 19.1 Å². The topological polar surface area (TPSA) is 79.0 Å². The molecule has 3 atom stereocenters. The Morgan fingerprint density at radius 2 is 1.84 bits per heavy atom. The number of methoxy groups -OCH3 is 1.